The molecule has 52 heavy (non-hydrogen) atoms. The summed E-state index contributed by atoms with van der Waals surface area (Å²) in [5, 5.41) is 3.01. The highest BCUT2D eigenvalue weighted by atomic mass is 19.4. The van der Waals surface area contributed by atoms with E-state index >= 15 is 13.2 Å². The van der Waals surface area contributed by atoms with Gasteiger partial charge in [-0.3, -0.25) is 0 Å². The van der Waals surface area contributed by atoms with E-state index in [1.54, 1.807) is 9.13 Å². The van der Waals surface area contributed by atoms with Crippen LogP contribution < -0.4 is 0 Å². The van der Waals surface area contributed by atoms with Crippen molar-refractivity contribution < 1.29 is 26.3 Å². The summed E-state index contributed by atoms with van der Waals surface area (Å²) in [7, 11) is 0. The molecule has 0 amide bonds. The quantitative estimate of drug-likeness (QED) is 0.129. The second-order valence-electron chi connectivity index (χ2n) is 13.5. The Morgan fingerprint density at radius 2 is 0.923 bits per heavy atom. The lowest BCUT2D eigenvalue weighted by Crippen LogP contribution is -2.15. The third kappa shape index (κ3) is 5.12. The van der Waals surface area contributed by atoms with Crippen molar-refractivity contribution in [3.05, 3.63) is 148 Å². The number of halogens is 6. The van der Waals surface area contributed by atoms with Crippen LogP contribution in [0, 0.1) is 34.3 Å². The topological polar surface area (TPSA) is 14.2 Å². The molecule has 2 heterocycles. The molecule has 9 heteroatoms. The molecule has 258 valence electrons. The molecule has 0 unspecified atom stereocenters. The number of aryl methyl sites for hydroxylation is 4. The first kappa shape index (κ1) is 33.2. The van der Waals surface area contributed by atoms with Crippen molar-refractivity contribution in [2.45, 2.75) is 40.0 Å². The van der Waals surface area contributed by atoms with Crippen molar-refractivity contribution >= 4 is 49.3 Å². The largest absolute Gasteiger partial charge is 0.418 e. The van der Waals surface area contributed by atoms with Gasteiger partial charge in [-0.25, -0.2) is 4.85 Å². The van der Waals surface area contributed by atoms with E-state index in [0.29, 0.717) is 22.1 Å². The van der Waals surface area contributed by atoms with Gasteiger partial charge in [0.1, 0.15) is 0 Å². The van der Waals surface area contributed by atoms with Gasteiger partial charge in [-0.2, -0.15) is 26.3 Å². The fourth-order valence-electron chi connectivity index (χ4n) is 7.54. The Labute approximate surface area is 294 Å². The monoisotopic (exact) mass is 701 g/mol. The van der Waals surface area contributed by atoms with Crippen molar-refractivity contribution in [1.29, 1.82) is 0 Å². The highest BCUT2D eigenvalue weighted by molar-refractivity contribution is 6.12. The molecular weight excluding hydrogens is 672 g/mol. The second kappa shape index (κ2) is 11.5. The van der Waals surface area contributed by atoms with E-state index in [-0.39, 0.29) is 16.9 Å². The maximum absolute atomic E-state index is 15.9. The van der Waals surface area contributed by atoms with Crippen molar-refractivity contribution in [3.63, 3.8) is 0 Å². The summed E-state index contributed by atoms with van der Waals surface area (Å²) in [6.07, 6.45) is -9.98. The normalized spacial score (nSPS) is 12.4. The highest BCUT2D eigenvalue weighted by Gasteiger charge is 2.40. The van der Waals surface area contributed by atoms with Crippen LogP contribution >= 0.6 is 0 Å². The lowest BCUT2D eigenvalue weighted by molar-refractivity contribution is -0.137. The van der Waals surface area contributed by atoms with Gasteiger partial charge in [0.15, 0.2) is 5.69 Å². The molecule has 6 aromatic carbocycles. The molecular formula is C43H29F6N3. The van der Waals surface area contributed by atoms with Crippen LogP contribution in [-0.4, -0.2) is 9.13 Å². The van der Waals surface area contributed by atoms with Gasteiger partial charge in [-0.1, -0.05) is 66.7 Å². The molecule has 2 aromatic heterocycles. The summed E-state index contributed by atoms with van der Waals surface area (Å²) in [5.41, 5.74) is 1.66. The fourth-order valence-corrected chi connectivity index (χ4v) is 7.54. The smallest absolute Gasteiger partial charge is 0.307 e. The van der Waals surface area contributed by atoms with Crippen molar-refractivity contribution in [2.75, 3.05) is 0 Å². The Morgan fingerprint density at radius 1 is 0.500 bits per heavy atom. The van der Waals surface area contributed by atoms with Crippen LogP contribution in [0.25, 0.3) is 71.0 Å². The summed E-state index contributed by atoms with van der Waals surface area (Å²) in [4.78, 5) is 3.36. The van der Waals surface area contributed by atoms with E-state index < -0.39 is 34.7 Å². The van der Waals surface area contributed by atoms with Crippen molar-refractivity contribution in [1.82, 2.24) is 9.13 Å². The Morgan fingerprint density at radius 3 is 1.33 bits per heavy atom. The van der Waals surface area contributed by atoms with E-state index in [4.69, 9.17) is 6.57 Å². The van der Waals surface area contributed by atoms with E-state index in [1.165, 1.54) is 12.1 Å². The Hall–Kier alpha value is -6.01. The molecule has 0 fully saturated rings. The minimum Gasteiger partial charge on any atom is -0.307 e. The number of alkyl halides is 6. The number of aromatic nitrogens is 2. The van der Waals surface area contributed by atoms with Gasteiger partial charge in [0.2, 0.25) is 0 Å². The molecule has 8 rings (SSSR count). The minimum absolute atomic E-state index is 0.0238. The lowest BCUT2D eigenvalue weighted by Gasteiger charge is -2.24. The Balaban J connectivity index is 1.68. The van der Waals surface area contributed by atoms with Gasteiger partial charge in [-0.05, 0) is 97.5 Å². The van der Waals surface area contributed by atoms with E-state index in [9.17, 15) is 13.2 Å². The zero-order valence-electron chi connectivity index (χ0n) is 28.4. The van der Waals surface area contributed by atoms with Crippen LogP contribution in [0.2, 0.25) is 0 Å². The number of nitrogens with zero attached hydrogens (tertiary/aromatic N) is 3. The molecule has 0 atom stereocenters. The van der Waals surface area contributed by atoms with Gasteiger partial charge < -0.3 is 9.13 Å². The first-order valence-electron chi connectivity index (χ1n) is 16.5. The minimum atomic E-state index is -5.04. The molecule has 0 saturated heterocycles. The summed E-state index contributed by atoms with van der Waals surface area (Å²) < 4.78 is 95.0. The lowest BCUT2D eigenvalue weighted by atomic mass is 9.93. The van der Waals surface area contributed by atoms with Gasteiger partial charge in [-0.15, -0.1) is 0 Å². The molecule has 0 saturated carbocycles. The molecule has 3 nitrogen and oxygen atoms in total. The van der Waals surface area contributed by atoms with Crippen LogP contribution in [0.15, 0.2) is 103 Å². The van der Waals surface area contributed by atoms with Crippen LogP contribution in [-0.2, 0) is 12.4 Å². The van der Waals surface area contributed by atoms with Gasteiger partial charge >= 0.3 is 12.4 Å². The molecule has 0 aliphatic heterocycles. The highest BCUT2D eigenvalue weighted by Crippen LogP contribution is 2.49. The van der Waals surface area contributed by atoms with Crippen molar-refractivity contribution in [2.24, 2.45) is 0 Å². The summed E-state index contributed by atoms with van der Waals surface area (Å²) in [6.45, 7) is 15.3. The van der Waals surface area contributed by atoms with E-state index in [2.05, 4.69) is 4.85 Å². The molecule has 0 radical (unpaired) electrons. The maximum Gasteiger partial charge on any atom is 0.418 e. The molecule has 8 aromatic rings. The molecule has 0 aliphatic rings. The average molecular weight is 702 g/mol. The summed E-state index contributed by atoms with van der Waals surface area (Å²) in [5.74, 6) is 0. The maximum atomic E-state index is 15.9. The molecule has 0 spiro atoms. The Bertz CT molecular complexity index is 2710. The van der Waals surface area contributed by atoms with Crippen LogP contribution in [0.1, 0.15) is 33.4 Å². The summed E-state index contributed by atoms with van der Waals surface area (Å²) in [6, 6.07) is 27.9. The van der Waals surface area contributed by atoms with Crippen LogP contribution in [0.5, 0.6) is 0 Å². The SMILES string of the molecule is [C-]#[N+]c1cccc(C(F)(F)F)c1-c1cc(-n2c3cc(C)ccc3c3ccc(C)cc32)c(-n2c3cc(C)ccc3c3ccc(C)cc32)c(C(F)(F)F)c1. The van der Waals surface area contributed by atoms with Crippen molar-refractivity contribution in [3.8, 4) is 22.5 Å². The number of rotatable bonds is 3. The predicted molar refractivity (Wildman–Crippen MR) is 196 cm³/mol. The average Bonchev–Trinajstić information content (AvgIpc) is 3.56. The van der Waals surface area contributed by atoms with Gasteiger partial charge in [0, 0.05) is 21.5 Å². The van der Waals surface area contributed by atoms with Crippen LogP contribution in [0.4, 0.5) is 32.0 Å². The van der Waals surface area contributed by atoms with Gasteiger partial charge in [0.05, 0.1) is 51.1 Å². The molecule has 0 bridgehead atoms. The third-order valence-corrected chi connectivity index (χ3v) is 9.77. The Kier molecular flexibility index (Phi) is 7.33. The predicted octanol–water partition coefficient (Wildman–Crippen LogP) is 13.4. The van der Waals surface area contributed by atoms with Crippen LogP contribution in [0.3, 0.4) is 0 Å². The molecule has 0 N–H and O–H groups in total. The summed E-state index contributed by atoms with van der Waals surface area (Å²) >= 11 is 0. The number of benzene rings is 6. The first-order valence-corrected chi connectivity index (χ1v) is 16.5. The number of fused-ring (bicyclic) bond motifs is 6. The number of hydrogen-bond acceptors (Lipinski definition) is 0. The fraction of sp³-hybridized carbons (Fsp3) is 0.140. The molecule has 0 aliphatic carbocycles. The van der Waals surface area contributed by atoms with E-state index in [1.807, 2.05) is 100 Å². The second-order valence-corrected chi connectivity index (χ2v) is 13.5. The standard InChI is InChI=1S/C43H29F6N3/c1-23-9-13-28-29-14-10-24(2)18-36(29)51(35(28)17-23)39-22-27(40-32(42(44,45)46)7-6-8-34(40)50-5)21-33(43(47,48)49)41(39)52-37-19-25(3)11-15-30(37)31-16-12-26(4)20-38(31)52/h6-22H,1-4H3. The third-order valence-electron chi connectivity index (χ3n) is 9.77. The zero-order chi connectivity index (χ0) is 36.9. The van der Waals surface area contributed by atoms with Gasteiger partial charge in [0.25, 0.3) is 0 Å². The zero-order valence-corrected chi connectivity index (χ0v) is 28.4. The number of hydrogen-bond donors (Lipinski definition) is 0. The van der Waals surface area contributed by atoms with E-state index in [0.717, 1.165) is 62.0 Å². The first-order chi connectivity index (χ1) is 24.7.